The van der Waals surface area contributed by atoms with Crippen molar-refractivity contribution in [3.63, 3.8) is 0 Å². The zero-order valence-corrected chi connectivity index (χ0v) is 13.9. The summed E-state index contributed by atoms with van der Waals surface area (Å²) in [5, 5.41) is 14.1. The number of fused-ring (bicyclic) bond motifs is 1. The van der Waals surface area contributed by atoms with Gasteiger partial charge in [0.2, 0.25) is 0 Å². The van der Waals surface area contributed by atoms with Crippen molar-refractivity contribution >= 4 is 11.8 Å². The van der Waals surface area contributed by atoms with Crippen molar-refractivity contribution in [2.75, 3.05) is 12.3 Å². The van der Waals surface area contributed by atoms with Gasteiger partial charge in [0.1, 0.15) is 5.82 Å². The van der Waals surface area contributed by atoms with Gasteiger partial charge in [0.05, 0.1) is 12.5 Å². The van der Waals surface area contributed by atoms with E-state index in [1.54, 1.807) is 13.8 Å². The average molecular weight is 368 g/mol. The quantitative estimate of drug-likeness (QED) is 0.321. The third kappa shape index (κ3) is 2.34. The standard InChI is InChI=1S/C14H17FN6O5/c1-6(2)10(22)25-11-13(5-18-20-17)14(11,24)8(15)9(26-13)21-4-3-7(16)19-12(21)23/h3-4,6,8-9,11,24H,5H2,1-2H3,(H2,16,19,23)/t8-,9+,11?,13+,14+/m0/s1. The number of ether oxygens (including phenoxy) is 2. The number of nitrogens with zero attached hydrogens (tertiary/aromatic N) is 5. The van der Waals surface area contributed by atoms with Crippen LogP contribution in [0.4, 0.5) is 10.2 Å². The van der Waals surface area contributed by atoms with Crippen molar-refractivity contribution in [1.29, 1.82) is 0 Å². The lowest BCUT2D eigenvalue weighted by atomic mass is 10.1. The maximum absolute atomic E-state index is 15.0. The van der Waals surface area contributed by atoms with Crippen LogP contribution in [0.25, 0.3) is 10.4 Å². The Balaban J connectivity index is 1.95. The Morgan fingerprint density at radius 3 is 2.96 bits per heavy atom. The number of carbonyl (C=O) groups excluding carboxylic acids is 1. The van der Waals surface area contributed by atoms with E-state index in [1.807, 2.05) is 0 Å². The Hall–Kier alpha value is -2.69. The lowest BCUT2D eigenvalue weighted by Crippen LogP contribution is -2.39. The molecule has 12 heteroatoms. The molecule has 1 aromatic heterocycles. The summed E-state index contributed by atoms with van der Waals surface area (Å²) in [5.41, 5.74) is 9.05. The van der Waals surface area contributed by atoms with Gasteiger partial charge in [-0.15, -0.1) is 0 Å². The average Bonchev–Trinajstić information content (AvgIpc) is 2.98. The maximum atomic E-state index is 15.0. The number of nitrogens with two attached hydrogens (primary N) is 1. The minimum absolute atomic E-state index is 0.0592. The normalized spacial score (nSPS) is 34.9. The van der Waals surface area contributed by atoms with Crippen LogP contribution in [0.5, 0.6) is 0 Å². The van der Waals surface area contributed by atoms with Crippen LogP contribution in [-0.2, 0) is 14.3 Å². The molecule has 2 heterocycles. The van der Waals surface area contributed by atoms with Crippen molar-refractivity contribution in [2.45, 2.75) is 43.6 Å². The van der Waals surface area contributed by atoms with Crippen molar-refractivity contribution < 1.29 is 23.8 Å². The minimum Gasteiger partial charge on any atom is -0.456 e. The summed E-state index contributed by atoms with van der Waals surface area (Å²) in [6.45, 7) is 2.66. The molecule has 1 aliphatic carbocycles. The van der Waals surface area contributed by atoms with Crippen LogP contribution in [0.1, 0.15) is 20.1 Å². The molecule has 0 aromatic carbocycles. The Kier molecular flexibility index (Phi) is 4.14. The lowest BCUT2D eigenvalue weighted by molar-refractivity contribution is -0.161. The van der Waals surface area contributed by atoms with Crippen LogP contribution >= 0.6 is 0 Å². The second-order valence-corrected chi connectivity index (χ2v) is 6.53. The third-order valence-corrected chi connectivity index (χ3v) is 4.62. The lowest BCUT2D eigenvalue weighted by Gasteiger charge is -2.23. The summed E-state index contributed by atoms with van der Waals surface area (Å²) in [5.74, 6) is -1.25. The monoisotopic (exact) mass is 368 g/mol. The molecule has 0 bridgehead atoms. The zero-order chi connectivity index (χ0) is 19.3. The number of anilines is 1. The van der Waals surface area contributed by atoms with Crippen LogP contribution in [0.3, 0.4) is 0 Å². The van der Waals surface area contributed by atoms with Gasteiger partial charge in [-0.3, -0.25) is 9.36 Å². The summed E-state index contributed by atoms with van der Waals surface area (Å²) in [6.07, 6.45) is -3.86. The number of azide groups is 1. The first-order valence-electron chi connectivity index (χ1n) is 7.79. The fraction of sp³-hybridized carbons (Fsp3) is 0.643. The Morgan fingerprint density at radius 2 is 2.38 bits per heavy atom. The van der Waals surface area contributed by atoms with Gasteiger partial charge in [-0.05, 0) is 11.6 Å². The molecule has 1 aliphatic heterocycles. The van der Waals surface area contributed by atoms with E-state index in [-0.39, 0.29) is 5.82 Å². The number of hydrogen-bond donors (Lipinski definition) is 2. The topological polar surface area (TPSA) is 165 Å². The van der Waals surface area contributed by atoms with E-state index in [1.165, 1.54) is 12.3 Å². The number of esters is 1. The summed E-state index contributed by atoms with van der Waals surface area (Å²) >= 11 is 0. The first-order chi connectivity index (χ1) is 12.2. The molecule has 0 radical (unpaired) electrons. The van der Waals surface area contributed by atoms with Crippen LogP contribution < -0.4 is 11.4 Å². The van der Waals surface area contributed by atoms with Crippen LogP contribution in [0.15, 0.2) is 22.2 Å². The number of rotatable bonds is 5. The molecule has 1 unspecified atom stereocenters. The van der Waals surface area contributed by atoms with Crippen molar-refractivity contribution in [3.8, 4) is 0 Å². The van der Waals surface area contributed by atoms with Crippen LogP contribution in [0.2, 0.25) is 0 Å². The number of aromatic nitrogens is 2. The van der Waals surface area contributed by atoms with Gasteiger partial charge < -0.3 is 20.3 Å². The van der Waals surface area contributed by atoms with Gasteiger partial charge in [0.25, 0.3) is 0 Å². The molecule has 3 rings (SSSR count). The maximum Gasteiger partial charge on any atom is 0.351 e. The largest absolute Gasteiger partial charge is 0.456 e. The highest BCUT2D eigenvalue weighted by Gasteiger charge is 2.90. The van der Waals surface area contributed by atoms with Gasteiger partial charge >= 0.3 is 11.7 Å². The highest BCUT2D eigenvalue weighted by Crippen LogP contribution is 2.65. The minimum atomic E-state index is -2.25. The molecule has 2 aliphatic rings. The zero-order valence-electron chi connectivity index (χ0n) is 13.9. The SMILES string of the molecule is CC(C)C(=O)OC1[C@@]2(CN=[N+]=[N-])O[C@@H](n3ccc(N)nc3=O)[C@H](F)[C@@]12O. The fourth-order valence-electron chi connectivity index (χ4n) is 3.14. The van der Waals surface area contributed by atoms with Crippen molar-refractivity contribution in [2.24, 2.45) is 11.0 Å². The van der Waals surface area contributed by atoms with Gasteiger partial charge in [0, 0.05) is 11.1 Å². The second-order valence-electron chi connectivity index (χ2n) is 6.53. The predicted octanol–water partition coefficient (Wildman–Crippen LogP) is 0.0540. The molecular weight excluding hydrogens is 351 g/mol. The Morgan fingerprint density at radius 1 is 1.69 bits per heavy atom. The highest BCUT2D eigenvalue weighted by molar-refractivity contribution is 5.72. The molecule has 1 saturated heterocycles. The van der Waals surface area contributed by atoms with Gasteiger partial charge in [-0.2, -0.15) is 4.98 Å². The highest BCUT2D eigenvalue weighted by atomic mass is 19.1. The van der Waals surface area contributed by atoms with Crippen LogP contribution in [-0.4, -0.2) is 50.6 Å². The molecule has 1 saturated carbocycles. The van der Waals surface area contributed by atoms with Crippen molar-refractivity contribution in [1.82, 2.24) is 9.55 Å². The van der Waals surface area contributed by atoms with Gasteiger partial charge in [-0.25, -0.2) is 9.18 Å². The Bertz CT molecular complexity index is 854. The van der Waals surface area contributed by atoms with E-state index >= 15 is 4.39 Å². The molecule has 26 heavy (non-hydrogen) atoms. The number of halogens is 1. The Labute approximate surface area is 146 Å². The molecule has 2 fully saturated rings. The predicted molar refractivity (Wildman–Crippen MR) is 84.3 cm³/mol. The molecule has 0 spiro atoms. The number of nitrogen functional groups attached to an aromatic ring is 1. The van der Waals surface area contributed by atoms with E-state index in [9.17, 15) is 14.7 Å². The molecule has 11 nitrogen and oxygen atoms in total. The summed E-state index contributed by atoms with van der Waals surface area (Å²) in [4.78, 5) is 29.8. The number of aliphatic hydroxyl groups is 1. The molecular formula is C14H17FN6O5. The summed E-state index contributed by atoms with van der Waals surface area (Å²) in [7, 11) is 0. The molecule has 3 N–H and O–H groups in total. The number of carbonyl (C=O) groups is 1. The van der Waals surface area contributed by atoms with Crippen LogP contribution in [0, 0.1) is 5.92 Å². The smallest absolute Gasteiger partial charge is 0.351 e. The molecule has 140 valence electrons. The second kappa shape index (κ2) is 5.94. The first kappa shape index (κ1) is 18.1. The van der Waals surface area contributed by atoms with Crippen molar-refractivity contribution in [3.05, 3.63) is 33.2 Å². The number of hydrogen-bond acceptors (Lipinski definition) is 8. The van der Waals surface area contributed by atoms with E-state index in [2.05, 4.69) is 15.0 Å². The molecule has 0 amide bonds. The van der Waals surface area contributed by atoms with Gasteiger partial charge in [-0.1, -0.05) is 19.0 Å². The number of alkyl halides is 1. The summed E-state index contributed by atoms with van der Waals surface area (Å²) < 4.78 is 26.5. The van der Waals surface area contributed by atoms with E-state index in [0.29, 0.717) is 0 Å². The van der Waals surface area contributed by atoms with Gasteiger partial charge in [0.15, 0.2) is 29.7 Å². The molecule has 1 aromatic rings. The van der Waals surface area contributed by atoms with E-state index in [0.717, 1.165) is 4.57 Å². The first-order valence-corrected chi connectivity index (χ1v) is 7.79. The molecule has 5 atom stereocenters. The summed E-state index contributed by atoms with van der Waals surface area (Å²) in [6, 6.07) is 1.27. The van der Waals surface area contributed by atoms with E-state index in [4.69, 9.17) is 20.7 Å². The third-order valence-electron chi connectivity index (χ3n) is 4.62. The van der Waals surface area contributed by atoms with E-state index < -0.39 is 53.8 Å². The fourth-order valence-corrected chi connectivity index (χ4v) is 3.14.